The van der Waals surface area contributed by atoms with Crippen LogP contribution in [0.2, 0.25) is 0 Å². The Hall–Kier alpha value is -2.27. The summed E-state index contributed by atoms with van der Waals surface area (Å²) >= 11 is 0. The van der Waals surface area contributed by atoms with Crippen LogP contribution in [0.5, 0.6) is 5.75 Å². The van der Waals surface area contributed by atoms with E-state index >= 15 is 0 Å². The number of phenolic OH excluding ortho intramolecular Hbond substituents is 1. The molecule has 3 rings (SSSR count). The van der Waals surface area contributed by atoms with Crippen LogP contribution >= 0.6 is 0 Å². The molecule has 0 unspecified atom stereocenters. The van der Waals surface area contributed by atoms with E-state index in [0.717, 1.165) is 24.2 Å². The number of carbonyl (C=O) groups excluding carboxylic acids is 1. The maximum atomic E-state index is 12.6. The van der Waals surface area contributed by atoms with Gasteiger partial charge in [-0.15, -0.1) is 0 Å². The molecule has 0 radical (unpaired) electrons. The molecule has 1 amide bonds. The van der Waals surface area contributed by atoms with Crippen LogP contribution in [0, 0.1) is 0 Å². The van der Waals surface area contributed by atoms with Gasteiger partial charge in [-0.3, -0.25) is 4.79 Å². The highest BCUT2D eigenvalue weighted by atomic mass is 16.5. The monoisotopic (exact) mass is 329 g/mol. The number of hydrogen-bond donors (Lipinski definition) is 1. The summed E-state index contributed by atoms with van der Waals surface area (Å²) in [6, 6.07) is 10.5. The SMILES string of the molecule is O=C(COC1CCCC1)N(Cc1ccc(O)cc1)Cc1ccco1. The Balaban J connectivity index is 1.63. The number of furan rings is 1. The van der Waals surface area contributed by atoms with Crippen LogP contribution in [-0.4, -0.2) is 28.6 Å². The van der Waals surface area contributed by atoms with Crippen molar-refractivity contribution in [2.75, 3.05) is 6.61 Å². The number of nitrogens with zero attached hydrogens (tertiary/aromatic N) is 1. The minimum Gasteiger partial charge on any atom is -0.508 e. The van der Waals surface area contributed by atoms with Gasteiger partial charge in [0, 0.05) is 6.54 Å². The Labute approximate surface area is 141 Å². The fraction of sp³-hybridized carbons (Fsp3) is 0.421. The molecule has 1 saturated carbocycles. The van der Waals surface area contributed by atoms with E-state index in [9.17, 15) is 9.90 Å². The summed E-state index contributed by atoms with van der Waals surface area (Å²) in [5, 5.41) is 9.40. The minimum atomic E-state index is -0.0497. The lowest BCUT2D eigenvalue weighted by Gasteiger charge is -2.23. The number of ether oxygens (including phenoxy) is 1. The van der Waals surface area contributed by atoms with Gasteiger partial charge in [0.25, 0.3) is 0 Å². The summed E-state index contributed by atoms with van der Waals surface area (Å²) in [4.78, 5) is 14.3. The smallest absolute Gasteiger partial charge is 0.249 e. The highest BCUT2D eigenvalue weighted by molar-refractivity contribution is 5.77. The van der Waals surface area contributed by atoms with Crippen molar-refractivity contribution in [3.63, 3.8) is 0 Å². The molecule has 5 nitrogen and oxygen atoms in total. The number of benzene rings is 1. The van der Waals surface area contributed by atoms with Crippen molar-refractivity contribution in [3.8, 4) is 5.75 Å². The molecule has 0 aliphatic heterocycles. The second-order valence-electron chi connectivity index (χ2n) is 6.21. The lowest BCUT2D eigenvalue weighted by atomic mass is 10.2. The van der Waals surface area contributed by atoms with Crippen LogP contribution in [0.1, 0.15) is 37.0 Å². The van der Waals surface area contributed by atoms with Gasteiger partial charge in [0.05, 0.1) is 18.9 Å². The van der Waals surface area contributed by atoms with E-state index in [1.165, 1.54) is 12.8 Å². The van der Waals surface area contributed by atoms with Crippen LogP contribution < -0.4 is 0 Å². The quantitative estimate of drug-likeness (QED) is 0.845. The standard InChI is InChI=1S/C19H23NO4/c21-16-9-7-15(8-10-16)12-20(13-18-6-3-11-23-18)19(22)14-24-17-4-1-2-5-17/h3,6-11,17,21H,1-2,4-5,12-14H2. The molecule has 1 aromatic heterocycles. The molecule has 1 heterocycles. The van der Waals surface area contributed by atoms with E-state index in [4.69, 9.17) is 9.15 Å². The van der Waals surface area contributed by atoms with Crippen molar-refractivity contribution in [2.45, 2.75) is 44.9 Å². The maximum absolute atomic E-state index is 12.6. The number of phenols is 1. The summed E-state index contributed by atoms with van der Waals surface area (Å²) in [6.45, 7) is 0.956. The Morgan fingerprint density at radius 2 is 1.92 bits per heavy atom. The first-order valence-corrected chi connectivity index (χ1v) is 8.40. The Bertz CT molecular complexity index is 630. The molecule has 24 heavy (non-hydrogen) atoms. The van der Waals surface area contributed by atoms with Crippen LogP contribution in [0.25, 0.3) is 0 Å². The maximum Gasteiger partial charge on any atom is 0.249 e. The predicted molar refractivity (Wildman–Crippen MR) is 89.3 cm³/mol. The lowest BCUT2D eigenvalue weighted by Crippen LogP contribution is -2.34. The second-order valence-corrected chi connectivity index (χ2v) is 6.21. The van der Waals surface area contributed by atoms with Gasteiger partial charge in [-0.1, -0.05) is 25.0 Å². The number of aromatic hydroxyl groups is 1. The summed E-state index contributed by atoms with van der Waals surface area (Å²) in [6.07, 6.45) is 6.28. The van der Waals surface area contributed by atoms with Crippen molar-refractivity contribution in [1.29, 1.82) is 0 Å². The molecule has 0 atom stereocenters. The van der Waals surface area contributed by atoms with Gasteiger partial charge in [0.2, 0.25) is 5.91 Å². The Morgan fingerprint density at radius 1 is 1.17 bits per heavy atom. The van der Waals surface area contributed by atoms with Crippen molar-refractivity contribution in [2.24, 2.45) is 0 Å². The van der Waals surface area contributed by atoms with E-state index in [1.807, 2.05) is 24.3 Å². The number of amides is 1. The minimum absolute atomic E-state index is 0.0497. The first kappa shape index (κ1) is 16.6. The van der Waals surface area contributed by atoms with Crippen LogP contribution in [0.4, 0.5) is 0 Å². The predicted octanol–water partition coefficient (Wildman–Crippen LogP) is 3.47. The van der Waals surface area contributed by atoms with Crippen LogP contribution in [0.15, 0.2) is 47.1 Å². The molecule has 1 aromatic carbocycles. The fourth-order valence-corrected chi connectivity index (χ4v) is 2.98. The molecule has 1 N–H and O–H groups in total. The van der Waals surface area contributed by atoms with Crippen LogP contribution in [0.3, 0.4) is 0 Å². The van der Waals surface area contributed by atoms with Crippen molar-refractivity contribution >= 4 is 5.91 Å². The third kappa shape index (κ3) is 4.61. The van der Waals surface area contributed by atoms with Gasteiger partial charge < -0.3 is 19.2 Å². The zero-order valence-electron chi connectivity index (χ0n) is 13.7. The average Bonchev–Trinajstić information content (AvgIpc) is 3.27. The van der Waals surface area contributed by atoms with Gasteiger partial charge in [0.1, 0.15) is 18.1 Å². The molecule has 0 saturated heterocycles. The van der Waals surface area contributed by atoms with Crippen molar-refractivity contribution in [3.05, 3.63) is 54.0 Å². The van der Waals surface area contributed by atoms with E-state index in [2.05, 4.69) is 0 Å². The molecular weight excluding hydrogens is 306 g/mol. The highest BCUT2D eigenvalue weighted by Gasteiger charge is 2.20. The summed E-state index contributed by atoms with van der Waals surface area (Å²) in [5.41, 5.74) is 0.952. The first-order valence-electron chi connectivity index (χ1n) is 8.40. The molecule has 128 valence electrons. The molecule has 1 aliphatic carbocycles. The topological polar surface area (TPSA) is 62.9 Å². The molecule has 0 spiro atoms. The number of rotatable bonds is 7. The Kier molecular flexibility index (Phi) is 5.54. The molecule has 1 fully saturated rings. The van der Waals surface area contributed by atoms with Crippen LogP contribution in [-0.2, 0) is 22.6 Å². The van der Waals surface area contributed by atoms with Crippen molar-refractivity contribution < 1.29 is 19.1 Å². The summed E-state index contributed by atoms with van der Waals surface area (Å²) in [7, 11) is 0. The number of carbonyl (C=O) groups is 1. The van der Waals surface area contributed by atoms with Gasteiger partial charge in [-0.2, -0.15) is 0 Å². The average molecular weight is 329 g/mol. The molecule has 1 aliphatic rings. The Morgan fingerprint density at radius 3 is 2.58 bits per heavy atom. The largest absolute Gasteiger partial charge is 0.508 e. The summed E-state index contributed by atoms with van der Waals surface area (Å²) in [5.74, 6) is 0.904. The zero-order valence-corrected chi connectivity index (χ0v) is 13.7. The van der Waals surface area contributed by atoms with E-state index in [1.54, 1.807) is 23.3 Å². The summed E-state index contributed by atoms with van der Waals surface area (Å²) < 4.78 is 11.1. The second kappa shape index (κ2) is 8.02. The first-order chi connectivity index (χ1) is 11.7. The van der Waals surface area contributed by atoms with E-state index < -0.39 is 0 Å². The number of hydrogen-bond acceptors (Lipinski definition) is 4. The van der Waals surface area contributed by atoms with Gasteiger partial charge in [-0.25, -0.2) is 0 Å². The van der Waals surface area contributed by atoms with Gasteiger partial charge in [0.15, 0.2) is 0 Å². The molecule has 2 aromatic rings. The third-order valence-electron chi connectivity index (χ3n) is 4.33. The van der Waals surface area contributed by atoms with Gasteiger partial charge >= 0.3 is 0 Å². The fourth-order valence-electron chi connectivity index (χ4n) is 2.98. The third-order valence-corrected chi connectivity index (χ3v) is 4.33. The lowest BCUT2D eigenvalue weighted by molar-refractivity contribution is -0.139. The van der Waals surface area contributed by atoms with E-state index in [-0.39, 0.29) is 24.4 Å². The molecular formula is C19H23NO4. The zero-order chi connectivity index (χ0) is 16.8. The highest BCUT2D eigenvalue weighted by Crippen LogP contribution is 2.21. The molecule has 5 heteroatoms. The van der Waals surface area contributed by atoms with Crippen molar-refractivity contribution in [1.82, 2.24) is 4.90 Å². The normalized spacial score (nSPS) is 14.8. The van der Waals surface area contributed by atoms with Gasteiger partial charge in [-0.05, 0) is 42.7 Å². The van der Waals surface area contributed by atoms with E-state index in [0.29, 0.717) is 13.1 Å². The molecule has 0 bridgehead atoms.